The van der Waals surface area contributed by atoms with Gasteiger partial charge in [0, 0.05) is 57.0 Å². The second kappa shape index (κ2) is 9.40. The Morgan fingerprint density at radius 2 is 1.92 bits per heavy atom. The minimum Gasteiger partial charge on any atom is -0.481 e. The average molecular weight is 490 g/mol. The molecule has 1 saturated heterocycles. The Hall–Kier alpha value is -4.28. The average Bonchev–Trinajstić information content (AvgIpc) is 3.58. The predicted molar refractivity (Wildman–Crippen MR) is 130 cm³/mol. The van der Waals surface area contributed by atoms with Gasteiger partial charge in [0.15, 0.2) is 11.9 Å². The van der Waals surface area contributed by atoms with E-state index in [0.29, 0.717) is 48.9 Å². The molecule has 1 atom stereocenters. The van der Waals surface area contributed by atoms with Gasteiger partial charge in [0.05, 0.1) is 0 Å². The van der Waals surface area contributed by atoms with E-state index in [1.165, 1.54) is 9.80 Å². The van der Waals surface area contributed by atoms with E-state index in [-0.39, 0.29) is 24.3 Å². The van der Waals surface area contributed by atoms with Crippen LogP contribution in [0.1, 0.15) is 29.3 Å². The molecule has 3 amide bonds. The number of nitrogens with zero attached hydrogens (tertiary/aromatic N) is 7. The summed E-state index contributed by atoms with van der Waals surface area (Å²) >= 11 is 0. The smallest absolute Gasteiger partial charge is 0.268 e. The van der Waals surface area contributed by atoms with E-state index in [0.717, 1.165) is 11.1 Å². The molecular weight excluding hydrogens is 462 g/mol. The number of hydrogen-bond donors (Lipinski definition) is 0. The van der Waals surface area contributed by atoms with Gasteiger partial charge in [-0.25, -0.2) is 4.68 Å². The fourth-order valence-corrected chi connectivity index (χ4v) is 4.44. The zero-order chi connectivity index (χ0) is 25.4. The first-order valence-electron chi connectivity index (χ1n) is 11.8. The van der Waals surface area contributed by atoms with Crippen LogP contribution in [-0.4, -0.2) is 81.0 Å². The molecule has 11 heteroatoms. The quantitative estimate of drug-likeness (QED) is 0.495. The Balaban J connectivity index is 1.25. The molecule has 186 valence electrons. The molecule has 2 aliphatic rings. The number of ether oxygens (including phenoxy) is 1. The number of amides is 3. The number of rotatable bonds is 7. The highest BCUT2D eigenvalue weighted by atomic mass is 16.5. The van der Waals surface area contributed by atoms with E-state index in [1.54, 1.807) is 41.9 Å². The maximum atomic E-state index is 13.1. The maximum absolute atomic E-state index is 13.1. The van der Waals surface area contributed by atoms with E-state index >= 15 is 0 Å². The number of aromatic nitrogens is 4. The van der Waals surface area contributed by atoms with Gasteiger partial charge in [-0.2, -0.15) is 0 Å². The van der Waals surface area contributed by atoms with Crippen molar-refractivity contribution in [3.8, 4) is 17.1 Å². The highest BCUT2D eigenvalue weighted by Crippen LogP contribution is 2.31. The normalized spacial score (nSPS) is 17.0. The van der Waals surface area contributed by atoms with Crippen molar-refractivity contribution >= 4 is 23.4 Å². The summed E-state index contributed by atoms with van der Waals surface area (Å²) in [4.78, 5) is 42.7. The van der Waals surface area contributed by atoms with Crippen LogP contribution in [0.15, 0.2) is 42.5 Å². The van der Waals surface area contributed by atoms with Gasteiger partial charge in [0.25, 0.3) is 11.8 Å². The molecule has 2 aromatic carbocycles. The van der Waals surface area contributed by atoms with Gasteiger partial charge in [-0.15, -0.1) is 5.10 Å². The van der Waals surface area contributed by atoms with Gasteiger partial charge in [0.1, 0.15) is 12.3 Å². The molecule has 2 aliphatic heterocycles. The van der Waals surface area contributed by atoms with Crippen molar-refractivity contribution in [3.05, 3.63) is 53.6 Å². The second-order valence-electron chi connectivity index (χ2n) is 9.02. The summed E-state index contributed by atoms with van der Waals surface area (Å²) in [5.41, 5.74) is 2.89. The third-order valence-corrected chi connectivity index (χ3v) is 6.49. The van der Waals surface area contributed by atoms with Crippen LogP contribution in [0.3, 0.4) is 0 Å². The SMILES string of the molecule is CCn1nnnc1-c1ccc(O[C@@H]2CCN(c3ccc4c(c3)C(=O)N(CC(=O)N(C)C)C4)C2=O)cc1. The number of benzene rings is 2. The van der Waals surface area contributed by atoms with Crippen LogP contribution in [0.2, 0.25) is 0 Å². The molecule has 0 N–H and O–H groups in total. The van der Waals surface area contributed by atoms with E-state index in [1.807, 2.05) is 31.2 Å². The highest BCUT2D eigenvalue weighted by Gasteiger charge is 2.36. The van der Waals surface area contributed by atoms with Gasteiger partial charge >= 0.3 is 0 Å². The molecule has 0 bridgehead atoms. The number of likely N-dealkylation sites (N-methyl/N-ethyl adjacent to an activating group) is 1. The minimum atomic E-state index is -0.616. The molecule has 36 heavy (non-hydrogen) atoms. The van der Waals surface area contributed by atoms with Gasteiger partial charge in [-0.05, 0) is 59.3 Å². The molecule has 3 heterocycles. The van der Waals surface area contributed by atoms with Crippen LogP contribution in [-0.2, 0) is 22.7 Å². The largest absolute Gasteiger partial charge is 0.481 e. The van der Waals surface area contributed by atoms with Crippen molar-refractivity contribution in [1.29, 1.82) is 0 Å². The Kier molecular flexibility index (Phi) is 6.13. The zero-order valence-corrected chi connectivity index (χ0v) is 20.4. The van der Waals surface area contributed by atoms with Crippen LogP contribution in [0.25, 0.3) is 11.4 Å². The third kappa shape index (κ3) is 4.28. The monoisotopic (exact) mass is 489 g/mol. The minimum absolute atomic E-state index is 0.0283. The lowest BCUT2D eigenvalue weighted by Gasteiger charge is -2.18. The van der Waals surface area contributed by atoms with Crippen molar-refractivity contribution in [3.63, 3.8) is 0 Å². The predicted octanol–water partition coefficient (Wildman–Crippen LogP) is 1.59. The molecule has 1 aromatic heterocycles. The molecule has 11 nitrogen and oxygen atoms in total. The van der Waals surface area contributed by atoms with E-state index < -0.39 is 6.10 Å². The summed E-state index contributed by atoms with van der Waals surface area (Å²) in [6.45, 7) is 3.53. The van der Waals surface area contributed by atoms with Crippen LogP contribution in [0.5, 0.6) is 5.75 Å². The maximum Gasteiger partial charge on any atom is 0.268 e. The summed E-state index contributed by atoms with van der Waals surface area (Å²) in [5.74, 6) is 0.764. The molecular formula is C25H27N7O4. The lowest BCUT2D eigenvalue weighted by Crippen LogP contribution is -2.36. The number of fused-ring (bicyclic) bond motifs is 1. The molecule has 0 unspecified atom stereocenters. The van der Waals surface area contributed by atoms with Crippen molar-refractivity contribution in [1.82, 2.24) is 30.0 Å². The lowest BCUT2D eigenvalue weighted by atomic mass is 10.1. The fourth-order valence-electron chi connectivity index (χ4n) is 4.44. The summed E-state index contributed by atoms with van der Waals surface area (Å²) < 4.78 is 7.70. The zero-order valence-electron chi connectivity index (χ0n) is 20.4. The summed E-state index contributed by atoms with van der Waals surface area (Å²) in [6.07, 6.45) is -0.0848. The van der Waals surface area contributed by atoms with Gasteiger partial charge in [-0.1, -0.05) is 6.07 Å². The van der Waals surface area contributed by atoms with Crippen molar-refractivity contribution in [2.24, 2.45) is 0 Å². The van der Waals surface area contributed by atoms with Gasteiger partial charge in [0.2, 0.25) is 5.91 Å². The summed E-state index contributed by atoms with van der Waals surface area (Å²) in [7, 11) is 3.33. The number of tetrazole rings is 1. The molecule has 0 saturated carbocycles. The third-order valence-electron chi connectivity index (χ3n) is 6.49. The van der Waals surface area contributed by atoms with E-state index in [4.69, 9.17) is 4.74 Å². The molecule has 0 aliphatic carbocycles. The van der Waals surface area contributed by atoms with Crippen LogP contribution in [0, 0.1) is 0 Å². The number of carbonyl (C=O) groups excluding carboxylic acids is 3. The van der Waals surface area contributed by atoms with Gasteiger partial charge in [-0.3, -0.25) is 14.4 Å². The highest BCUT2D eigenvalue weighted by molar-refractivity contribution is 6.03. The van der Waals surface area contributed by atoms with E-state index in [2.05, 4.69) is 15.5 Å². The number of hydrogen-bond acceptors (Lipinski definition) is 7. The van der Waals surface area contributed by atoms with E-state index in [9.17, 15) is 14.4 Å². The Labute approximate surface area is 208 Å². The standard InChI is InChI=1S/C25H27N7O4/c1-4-32-23(26-27-28-32)16-6-9-19(10-7-16)36-21-11-12-31(25(21)35)18-8-5-17-14-30(15-22(33)29(2)3)24(34)20(17)13-18/h5-10,13,21H,4,11-12,14-15H2,1-3H3/t21-/m1/s1. The topological polar surface area (TPSA) is 114 Å². The number of aryl methyl sites for hydroxylation is 1. The van der Waals surface area contributed by atoms with Crippen molar-refractivity contribution in [2.45, 2.75) is 32.5 Å². The second-order valence-corrected chi connectivity index (χ2v) is 9.02. The van der Waals surface area contributed by atoms with Gasteiger partial charge < -0.3 is 19.4 Å². The number of anilines is 1. The number of carbonyl (C=O) groups is 3. The Bertz CT molecular complexity index is 1320. The fraction of sp³-hybridized carbons (Fsp3) is 0.360. The van der Waals surface area contributed by atoms with Crippen molar-refractivity contribution < 1.29 is 19.1 Å². The van der Waals surface area contributed by atoms with Crippen molar-refractivity contribution in [2.75, 3.05) is 32.1 Å². The Morgan fingerprint density at radius 3 is 2.64 bits per heavy atom. The lowest BCUT2D eigenvalue weighted by molar-refractivity contribution is -0.129. The first-order valence-corrected chi connectivity index (χ1v) is 11.8. The summed E-state index contributed by atoms with van der Waals surface area (Å²) in [6, 6.07) is 12.8. The first-order chi connectivity index (χ1) is 17.4. The molecule has 0 spiro atoms. The van der Waals surface area contributed by atoms with Crippen LogP contribution >= 0.6 is 0 Å². The molecule has 3 aromatic rings. The summed E-state index contributed by atoms with van der Waals surface area (Å²) in [5, 5.41) is 11.7. The van der Waals surface area contributed by atoms with Crippen LogP contribution < -0.4 is 9.64 Å². The Morgan fingerprint density at radius 1 is 1.14 bits per heavy atom. The molecule has 5 rings (SSSR count). The van der Waals surface area contributed by atoms with Crippen LogP contribution in [0.4, 0.5) is 5.69 Å². The molecule has 0 radical (unpaired) electrons. The first kappa shape index (κ1) is 23.5. The molecule has 1 fully saturated rings.